The Labute approximate surface area is 161 Å². The third-order valence-corrected chi connectivity index (χ3v) is 4.91. The minimum atomic E-state index is -0.0180. The lowest BCUT2D eigenvalue weighted by atomic mass is 10.1. The maximum atomic E-state index is 12.4. The van der Waals surface area contributed by atoms with Gasteiger partial charge in [-0.25, -0.2) is 4.98 Å². The normalized spacial score (nSPS) is 11.0. The Morgan fingerprint density at radius 3 is 2.67 bits per heavy atom. The molecule has 1 aromatic heterocycles. The number of benzene rings is 2. The first kappa shape index (κ1) is 19.2. The molecular weight excluding hydrogens is 334 g/mol. The SMILES string of the molecule is CCCCCCCCNC(=O)c1ccc2c(c1)ncn2-c1cccc(C)c1. The van der Waals surface area contributed by atoms with E-state index in [0.29, 0.717) is 5.56 Å². The number of rotatable bonds is 9. The van der Waals surface area contributed by atoms with E-state index in [1.807, 2.05) is 30.6 Å². The smallest absolute Gasteiger partial charge is 0.251 e. The lowest BCUT2D eigenvalue weighted by Crippen LogP contribution is -2.24. The van der Waals surface area contributed by atoms with Crippen LogP contribution in [0.2, 0.25) is 0 Å². The summed E-state index contributed by atoms with van der Waals surface area (Å²) >= 11 is 0. The molecule has 2 aromatic carbocycles. The van der Waals surface area contributed by atoms with Crippen molar-refractivity contribution in [3.63, 3.8) is 0 Å². The molecule has 0 aliphatic carbocycles. The molecular formula is C23H29N3O. The van der Waals surface area contributed by atoms with Crippen LogP contribution in [0.4, 0.5) is 0 Å². The fourth-order valence-corrected chi connectivity index (χ4v) is 3.35. The molecule has 3 aromatic rings. The van der Waals surface area contributed by atoms with Crippen LogP contribution in [0, 0.1) is 6.92 Å². The zero-order valence-corrected chi connectivity index (χ0v) is 16.4. The summed E-state index contributed by atoms with van der Waals surface area (Å²) in [4.78, 5) is 16.9. The number of unbranched alkanes of at least 4 members (excludes halogenated alkanes) is 5. The van der Waals surface area contributed by atoms with Gasteiger partial charge in [-0.3, -0.25) is 9.36 Å². The number of imidazole rings is 1. The molecule has 4 heteroatoms. The van der Waals surface area contributed by atoms with Gasteiger partial charge in [0.1, 0.15) is 6.33 Å². The Morgan fingerprint density at radius 1 is 1.04 bits per heavy atom. The summed E-state index contributed by atoms with van der Waals surface area (Å²) in [5.41, 5.74) is 4.80. The number of hydrogen-bond acceptors (Lipinski definition) is 2. The standard InChI is InChI=1S/C23H29N3O/c1-3-4-5-6-7-8-14-24-23(27)19-12-13-22-21(16-19)25-17-26(22)20-11-9-10-18(2)15-20/h9-13,15-17H,3-8,14H2,1-2H3,(H,24,27). The van der Waals surface area contributed by atoms with Gasteiger partial charge in [-0.1, -0.05) is 51.2 Å². The third-order valence-electron chi connectivity index (χ3n) is 4.91. The number of carbonyl (C=O) groups is 1. The van der Waals surface area contributed by atoms with E-state index in [1.54, 1.807) is 0 Å². The average Bonchev–Trinajstić information content (AvgIpc) is 3.10. The van der Waals surface area contributed by atoms with Crippen LogP contribution in [0.25, 0.3) is 16.7 Å². The zero-order valence-electron chi connectivity index (χ0n) is 16.4. The van der Waals surface area contributed by atoms with Crippen LogP contribution in [0.15, 0.2) is 48.8 Å². The molecule has 0 radical (unpaired) electrons. The fraction of sp³-hybridized carbons (Fsp3) is 0.391. The third kappa shape index (κ3) is 4.97. The van der Waals surface area contributed by atoms with Crippen molar-refractivity contribution in [2.75, 3.05) is 6.54 Å². The predicted molar refractivity (Wildman–Crippen MR) is 112 cm³/mol. The van der Waals surface area contributed by atoms with Crippen LogP contribution in [-0.2, 0) is 0 Å². The van der Waals surface area contributed by atoms with Crippen LogP contribution in [-0.4, -0.2) is 22.0 Å². The highest BCUT2D eigenvalue weighted by atomic mass is 16.1. The van der Waals surface area contributed by atoms with Gasteiger partial charge in [0, 0.05) is 17.8 Å². The number of aryl methyl sites for hydroxylation is 1. The molecule has 1 amide bonds. The highest BCUT2D eigenvalue weighted by Crippen LogP contribution is 2.20. The Balaban J connectivity index is 1.61. The molecule has 0 aliphatic heterocycles. The van der Waals surface area contributed by atoms with Crippen molar-refractivity contribution in [3.8, 4) is 5.69 Å². The molecule has 1 heterocycles. The van der Waals surface area contributed by atoms with E-state index in [2.05, 4.69) is 46.9 Å². The number of fused-ring (bicyclic) bond motifs is 1. The van der Waals surface area contributed by atoms with E-state index in [-0.39, 0.29) is 5.91 Å². The highest BCUT2D eigenvalue weighted by Gasteiger charge is 2.10. The minimum absolute atomic E-state index is 0.0180. The molecule has 0 unspecified atom stereocenters. The molecule has 27 heavy (non-hydrogen) atoms. The van der Waals surface area contributed by atoms with E-state index in [4.69, 9.17) is 0 Å². The number of nitrogens with zero attached hydrogens (tertiary/aromatic N) is 2. The second kappa shape index (κ2) is 9.36. The molecule has 142 valence electrons. The van der Waals surface area contributed by atoms with Gasteiger partial charge < -0.3 is 5.32 Å². The van der Waals surface area contributed by atoms with Gasteiger partial charge in [0.25, 0.3) is 5.91 Å². The largest absolute Gasteiger partial charge is 0.352 e. The first-order chi connectivity index (χ1) is 13.2. The summed E-state index contributed by atoms with van der Waals surface area (Å²) < 4.78 is 2.06. The Bertz CT molecular complexity index is 898. The van der Waals surface area contributed by atoms with Gasteiger partial charge >= 0.3 is 0 Å². The molecule has 0 saturated heterocycles. The van der Waals surface area contributed by atoms with E-state index < -0.39 is 0 Å². The fourth-order valence-electron chi connectivity index (χ4n) is 3.35. The van der Waals surface area contributed by atoms with Gasteiger partial charge in [-0.2, -0.15) is 0 Å². The number of hydrogen-bond donors (Lipinski definition) is 1. The summed E-state index contributed by atoms with van der Waals surface area (Å²) in [6.07, 6.45) is 9.16. The predicted octanol–water partition coefficient (Wildman–Crippen LogP) is 5.42. The lowest BCUT2D eigenvalue weighted by molar-refractivity contribution is 0.0953. The van der Waals surface area contributed by atoms with Gasteiger partial charge in [0.2, 0.25) is 0 Å². The van der Waals surface area contributed by atoms with Crippen LogP contribution in [0.1, 0.15) is 61.4 Å². The Hall–Kier alpha value is -2.62. The summed E-state index contributed by atoms with van der Waals surface area (Å²) in [6, 6.07) is 14.0. The molecule has 0 bridgehead atoms. The van der Waals surface area contributed by atoms with Gasteiger partial charge in [0.15, 0.2) is 0 Å². The van der Waals surface area contributed by atoms with Crippen molar-refractivity contribution in [2.24, 2.45) is 0 Å². The summed E-state index contributed by atoms with van der Waals surface area (Å²) in [5.74, 6) is -0.0180. The zero-order chi connectivity index (χ0) is 19.1. The second-order valence-electron chi connectivity index (χ2n) is 7.18. The minimum Gasteiger partial charge on any atom is -0.352 e. The van der Waals surface area contributed by atoms with Crippen LogP contribution in [0.5, 0.6) is 0 Å². The molecule has 0 aliphatic rings. The molecule has 3 rings (SSSR count). The first-order valence-corrected chi connectivity index (χ1v) is 10.0. The van der Waals surface area contributed by atoms with E-state index in [9.17, 15) is 4.79 Å². The first-order valence-electron chi connectivity index (χ1n) is 10.0. The van der Waals surface area contributed by atoms with E-state index in [1.165, 1.54) is 37.7 Å². The molecule has 0 fully saturated rings. The van der Waals surface area contributed by atoms with Crippen molar-refractivity contribution in [3.05, 3.63) is 59.9 Å². The number of carbonyl (C=O) groups excluding carboxylic acids is 1. The number of aromatic nitrogens is 2. The Morgan fingerprint density at radius 2 is 1.85 bits per heavy atom. The van der Waals surface area contributed by atoms with Crippen LogP contribution in [0.3, 0.4) is 0 Å². The molecule has 0 atom stereocenters. The van der Waals surface area contributed by atoms with Crippen molar-refractivity contribution >= 4 is 16.9 Å². The molecule has 0 saturated carbocycles. The summed E-state index contributed by atoms with van der Waals surface area (Å²) in [5, 5.41) is 3.03. The maximum absolute atomic E-state index is 12.4. The number of amides is 1. The van der Waals surface area contributed by atoms with E-state index >= 15 is 0 Å². The topological polar surface area (TPSA) is 46.9 Å². The summed E-state index contributed by atoms with van der Waals surface area (Å²) in [6.45, 7) is 5.04. The van der Waals surface area contributed by atoms with Gasteiger partial charge in [-0.15, -0.1) is 0 Å². The highest BCUT2D eigenvalue weighted by molar-refractivity contribution is 5.97. The van der Waals surface area contributed by atoms with Crippen molar-refractivity contribution < 1.29 is 4.79 Å². The summed E-state index contributed by atoms with van der Waals surface area (Å²) in [7, 11) is 0. The van der Waals surface area contributed by atoms with Gasteiger partial charge in [0.05, 0.1) is 11.0 Å². The number of nitrogens with one attached hydrogen (secondary N) is 1. The maximum Gasteiger partial charge on any atom is 0.251 e. The van der Waals surface area contributed by atoms with Crippen LogP contribution < -0.4 is 5.32 Å². The van der Waals surface area contributed by atoms with Crippen molar-refractivity contribution in [1.29, 1.82) is 0 Å². The van der Waals surface area contributed by atoms with Gasteiger partial charge in [-0.05, 0) is 49.2 Å². The van der Waals surface area contributed by atoms with Crippen molar-refractivity contribution in [1.82, 2.24) is 14.9 Å². The molecule has 0 spiro atoms. The average molecular weight is 364 g/mol. The molecule has 4 nitrogen and oxygen atoms in total. The second-order valence-corrected chi connectivity index (χ2v) is 7.18. The monoisotopic (exact) mass is 363 g/mol. The van der Waals surface area contributed by atoms with Crippen molar-refractivity contribution in [2.45, 2.75) is 52.4 Å². The Kier molecular flexibility index (Phi) is 6.64. The lowest BCUT2D eigenvalue weighted by Gasteiger charge is -2.07. The van der Waals surface area contributed by atoms with E-state index in [0.717, 1.165) is 29.7 Å². The molecule has 1 N–H and O–H groups in total. The van der Waals surface area contributed by atoms with Crippen LogP contribution >= 0.6 is 0 Å². The quantitative estimate of drug-likeness (QED) is 0.516.